The predicted octanol–water partition coefficient (Wildman–Crippen LogP) is 1.01. The number of rotatable bonds is 3. The Balaban J connectivity index is 2.05. The van der Waals surface area contributed by atoms with Crippen LogP contribution in [0, 0.1) is 6.92 Å². The third-order valence-corrected chi connectivity index (χ3v) is 2.55. The van der Waals surface area contributed by atoms with E-state index in [1.165, 1.54) is 6.07 Å². The van der Waals surface area contributed by atoms with Crippen LogP contribution in [0.4, 0.5) is 0 Å². The summed E-state index contributed by atoms with van der Waals surface area (Å²) in [7, 11) is 0. The van der Waals surface area contributed by atoms with Gasteiger partial charge in [-0.1, -0.05) is 12.1 Å². The van der Waals surface area contributed by atoms with Crippen LogP contribution < -0.4 is 10.9 Å². The lowest BCUT2D eigenvalue weighted by Gasteiger charge is -2.06. The van der Waals surface area contributed by atoms with Gasteiger partial charge < -0.3 is 10.3 Å². The van der Waals surface area contributed by atoms with Crippen LogP contribution in [0.1, 0.15) is 21.7 Å². The highest BCUT2D eigenvalue weighted by Gasteiger charge is 2.06. The maximum Gasteiger partial charge on any atom is 0.268 e. The number of hydrogen-bond donors (Lipinski definition) is 2. The quantitative estimate of drug-likeness (QED) is 0.844. The summed E-state index contributed by atoms with van der Waals surface area (Å²) in [6.07, 6.45) is 1.68. The molecule has 0 saturated heterocycles. The van der Waals surface area contributed by atoms with Gasteiger partial charge in [0.05, 0.1) is 12.2 Å². The standard InChI is InChI=1S/C13H13N3O2/c1-9-4-3-7-14-11(9)8-15-13(18)10-5-2-6-12(17)16-10/h2-7H,8H2,1H3,(H,15,18)(H,16,17). The van der Waals surface area contributed by atoms with E-state index >= 15 is 0 Å². The van der Waals surface area contributed by atoms with Gasteiger partial charge in [-0.05, 0) is 24.6 Å². The first-order valence-electron chi connectivity index (χ1n) is 5.55. The van der Waals surface area contributed by atoms with Crippen molar-refractivity contribution in [1.29, 1.82) is 0 Å². The molecule has 0 aliphatic carbocycles. The van der Waals surface area contributed by atoms with Crippen molar-refractivity contribution in [2.45, 2.75) is 13.5 Å². The average molecular weight is 243 g/mol. The minimum atomic E-state index is -0.322. The van der Waals surface area contributed by atoms with Crippen molar-refractivity contribution >= 4 is 5.91 Å². The van der Waals surface area contributed by atoms with Crippen molar-refractivity contribution in [1.82, 2.24) is 15.3 Å². The number of pyridine rings is 2. The summed E-state index contributed by atoms with van der Waals surface area (Å²) in [5, 5.41) is 2.71. The van der Waals surface area contributed by atoms with E-state index in [0.29, 0.717) is 6.54 Å². The largest absolute Gasteiger partial charge is 0.345 e. The van der Waals surface area contributed by atoms with Crippen LogP contribution >= 0.6 is 0 Å². The smallest absolute Gasteiger partial charge is 0.268 e. The Bertz CT molecular complexity index is 619. The van der Waals surface area contributed by atoms with Crippen LogP contribution in [0.2, 0.25) is 0 Å². The van der Waals surface area contributed by atoms with Crippen molar-refractivity contribution in [3.63, 3.8) is 0 Å². The van der Waals surface area contributed by atoms with E-state index in [9.17, 15) is 9.59 Å². The van der Waals surface area contributed by atoms with E-state index in [2.05, 4.69) is 15.3 Å². The summed E-state index contributed by atoms with van der Waals surface area (Å²) in [5.41, 5.74) is 1.77. The molecule has 0 unspecified atom stereocenters. The molecule has 2 heterocycles. The van der Waals surface area contributed by atoms with Gasteiger partial charge >= 0.3 is 0 Å². The van der Waals surface area contributed by atoms with Gasteiger partial charge in [0.15, 0.2) is 0 Å². The molecule has 1 amide bonds. The summed E-state index contributed by atoms with van der Waals surface area (Å²) >= 11 is 0. The van der Waals surface area contributed by atoms with Gasteiger partial charge in [0.25, 0.3) is 5.91 Å². The molecular weight excluding hydrogens is 230 g/mol. The minimum Gasteiger partial charge on any atom is -0.345 e. The monoisotopic (exact) mass is 243 g/mol. The molecule has 0 saturated carbocycles. The predicted molar refractivity (Wildman–Crippen MR) is 67.2 cm³/mol. The summed E-state index contributed by atoms with van der Waals surface area (Å²) in [6.45, 7) is 2.27. The Morgan fingerprint density at radius 1 is 1.33 bits per heavy atom. The third-order valence-electron chi connectivity index (χ3n) is 2.55. The third kappa shape index (κ3) is 2.82. The molecule has 2 rings (SSSR count). The number of nitrogens with one attached hydrogen (secondary N) is 2. The fourth-order valence-electron chi connectivity index (χ4n) is 1.54. The van der Waals surface area contributed by atoms with Crippen LogP contribution in [0.25, 0.3) is 0 Å². The zero-order valence-electron chi connectivity index (χ0n) is 9.93. The molecule has 5 heteroatoms. The molecular formula is C13H13N3O2. The van der Waals surface area contributed by atoms with E-state index < -0.39 is 0 Å². The minimum absolute atomic E-state index is 0.246. The van der Waals surface area contributed by atoms with Crippen molar-refractivity contribution < 1.29 is 4.79 Å². The lowest BCUT2D eigenvalue weighted by molar-refractivity contribution is 0.0945. The van der Waals surface area contributed by atoms with Crippen LogP contribution in [0.15, 0.2) is 41.3 Å². The summed E-state index contributed by atoms with van der Waals surface area (Å²) in [6, 6.07) is 8.23. The average Bonchev–Trinajstić information content (AvgIpc) is 2.37. The molecule has 0 aromatic carbocycles. The van der Waals surface area contributed by atoms with E-state index in [-0.39, 0.29) is 17.2 Å². The number of carbonyl (C=O) groups is 1. The summed E-state index contributed by atoms with van der Waals surface area (Å²) in [5.74, 6) is -0.322. The van der Waals surface area contributed by atoms with E-state index in [0.717, 1.165) is 11.3 Å². The van der Waals surface area contributed by atoms with Crippen LogP contribution in [0.3, 0.4) is 0 Å². The van der Waals surface area contributed by atoms with E-state index in [4.69, 9.17) is 0 Å². The van der Waals surface area contributed by atoms with Crippen molar-refractivity contribution in [2.24, 2.45) is 0 Å². The van der Waals surface area contributed by atoms with Crippen LogP contribution in [-0.4, -0.2) is 15.9 Å². The second-order valence-electron chi connectivity index (χ2n) is 3.88. The molecule has 2 N–H and O–H groups in total. The molecule has 0 aliphatic rings. The first kappa shape index (κ1) is 12.0. The van der Waals surface area contributed by atoms with Crippen LogP contribution in [0.5, 0.6) is 0 Å². The number of H-pyrrole nitrogens is 1. The maximum atomic E-state index is 11.8. The molecule has 18 heavy (non-hydrogen) atoms. The summed E-state index contributed by atoms with van der Waals surface area (Å²) < 4.78 is 0. The second kappa shape index (κ2) is 5.27. The lowest BCUT2D eigenvalue weighted by Crippen LogP contribution is -2.26. The number of nitrogens with zero attached hydrogens (tertiary/aromatic N) is 1. The fraction of sp³-hybridized carbons (Fsp3) is 0.154. The van der Waals surface area contributed by atoms with Gasteiger partial charge in [0.2, 0.25) is 5.56 Å². The Labute approximate surface area is 104 Å². The molecule has 5 nitrogen and oxygen atoms in total. The maximum absolute atomic E-state index is 11.8. The Hall–Kier alpha value is -2.43. The summed E-state index contributed by atoms with van der Waals surface area (Å²) in [4.78, 5) is 29.5. The molecule has 0 aliphatic heterocycles. The molecule has 2 aromatic heterocycles. The zero-order valence-corrected chi connectivity index (χ0v) is 9.93. The highest BCUT2D eigenvalue weighted by atomic mass is 16.2. The van der Waals surface area contributed by atoms with Crippen molar-refractivity contribution in [3.8, 4) is 0 Å². The Kier molecular flexibility index (Phi) is 3.52. The SMILES string of the molecule is Cc1cccnc1CNC(=O)c1cccc(=O)[nH]1. The molecule has 0 radical (unpaired) electrons. The van der Waals surface area contributed by atoms with Crippen molar-refractivity contribution in [3.05, 3.63) is 63.8 Å². The van der Waals surface area contributed by atoms with Crippen LogP contribution in [-0.2, 0) is 6.54 Å². The lowest BCUT2D eigenvalue weighted by atomic mass is 10.2. The van der Waals surface area contributed by atoms with Gasteiger partial charge in [0.1, 0.15) is 5.69 Å². The zero-order chi connectivity index (χ0) is 13.0. The van der Waals surface area contributed by atoms with Gasteiger partial charge in [-0.15, -0.1) is 0 Å². The molecule has 0 spiro atoms. The number of amides is 1. The Morgan fingerprint density at radius 2 is 2.17 bits per heavy atom. The Morgan fingerprint density at radius 3 is 2.89 bits per heavy atom. The molecule has 0 atom stereocenters. The number of aromatic nitrogens is 2. The molecule has 0 bridgehead atoms. The fourth-order valence-corrected chi connectivity index (χ4v) is 1.54. The highest BCUT2D eigenvalue weighted by molar-refractivity contribution is 5.92. The first-order valence-corrected chi connectivity index (χ1v) is 5.55. The number of aryl methyl sites for hydroxylation is 1. The molecule has 2 aromatic rings. The van der Waals surface area contributed by atoms with Gasteiger partial charge in [-0.3, -0.25) is 14.6 Å². The second-order valence-corrected chi connectivity index (χ2v) is 3.88. The van der Waals surface area contributed by atoms with Gasteiger partial charge in [-0.2, -0.15) is 0 Å². The molecule has 0 fully saturated rings. The van der Waals surface area contributed by atoms with E-state index in [1.54, 1.807) is 18.3 Å². The highest BCUT2D eigenvalue weighted by Crippen LogP contribution is 2.02. The normalized spacial score (nSPS) is 10.1. The number of hydrogen-bond acceptors (Lipinski definition) is 3. The topological polar surface area (TPSA) is 74.8 Å². The molecule has 92 valence electrons. The number of carbonyl (C=O) groups excluding carboxylic acids is 1. The van der Waals surface area contributed by atoms with Crippen molar-refractivity contribution in [2.75, 3.05) is 0 Å². The number of aromatic amines is 1. The van der Waals surface area contributed by atoms with Gasteiger partial charge in [0, 0.05) is 12.3 Å². The van der Waals surface area contributed by atoms with Gasteiger partial charge in [-0.25, -0.2) is 0 Å². The van der Waals surface area contributed by atoms with E-state index in [1.807, 2.05) is 19.1 Å². The first-order chi connectivity index (χ1) is 8.66.